The van der Waals surface area contributed by atoms with E-state index in [9.17, 15) is 0 Å². The van der Waals surface area contributed by atoms with E-state index in [-0.39, 0.29) is 0 Å². The molecule has 0 unspecified atom stereocenters. The molecule has 2 heterocycles. The Labute approximate surface area is 120 Å². The van der Waals surface area contributed by atoms with E-state index in [0.717, 1.165) is 42.3 Å². The predicted molar refractivity (Wildman–Crippen MR) is 79.1 cm³/mol. The number of pyridine rings is 1. The van der Waals surface area contributed by atoms with Crippen LogP contribution in [0.3, 0.4) is 0 Å². The summed E-state index contributed by atoms with van der Waals surface area (Å²) in [5.41, 5.74) is 3.05. The molecule has 0 bridgehead atoms. The summed E-state index contributed by atoms with van der Waals surface area (Å²) in [6, 6.07) is 3.89. The molecule has 0 fully saturated rings. The molecule has 0 atom stereocenters. The van der Waals surface area contributed by atoms with Gasteiger partial charge in [-0.1, -0.05) is 6.92 Å². The number of methoxy groups -OCH3 is 1. The molecule has 1 N–H and O–H groups in total. The number of aryl methyl sites for hydroxylation is 1. The summed E-state index contributed by atoms with van der Waals surface area (Å²) in [6.07, 6.45) is 4.89. The third-order valence-corrected chi connectivity index (χ3v) is 3.05. The number of ether oxygens (including phenoxy) is 1. The molecule has 0 amide bonds. The predicted octanol–water partition coefficient (Wildman–Crippen LogP) is 1.80. The third-order valence-electron chi connectivity index (χ3n) is 3.05. The van der Waals surface area contributed by atoms with Crippen LogP contribution in [0.2, 0.25) is 0 Å². The summed E-state index contributed by atoms with van der Waals surface area (Å²) in [4.78, 5) is 8.93. The first kappa shape index (κ1) is 14.5. The molecule has 20 heavy (non-hydrogen) atoms. The van der Waals surface area contributed by atoms with Crippen LogP contribution >= 0.6 is 0 Å². The highest BCUT2D eigenvalue weighted by Crippen LogP contribution is 2.14. The second-order valence-corrected chi connectivity index (χ2v) is 4.78. The maximum absolute atomic E-state index is 5.27. The molecule has 5 nitrogen and oxygen atoms in total. The lowest BCUT2D eigenvalue weighted by atomic mass is 10.3. The summed E-state index contributed by atoms with van der Waals surface area (Å²) >= 11 is 0. The Hall–Kier alpha value is -1.88. The number of aromatic nitrogens is 3. The van der Waals surface area contributed by atoms with Gasteiger partial charge in [-0.05, 0) is 13.5 Å². The van der Waals surface area contributed by atoms with Crippen LogP contribution in [0, 0.1) is 6.92 Å². The van der Waals surface area contributed by atoms with E-state index in [1.807, 2.05) is 25.4 Å². The zero-order valence-electron chi connectivity index (χ0n) is 12.4. The van der Waals surface area contributed by atoms with Crippen LogP contribution in [0.4, 0.5) is 0 Å². The van der Waals surface area contributed by atoms with Crippen molar-refractivity contribution in [1.29, 1.82) is 0 Å². The van der Waals surface area contributed by atoms with E-state index in [2.05, 4.69) is 33.0 Å². The van der Waals surface area contributed by atoms with Gasteiger partial charge in [0, 0.05) is 37.0 Å². The fraction of sp³-hybridized carbons (Fsp3) is 0.467. The van der Waals surface area contributed by atoms with Crippen molar-refractivity contribution in [3.8, 4) is 5.75 Å². The first-order valence-corrected chi connectivity index (χ1v) is 6.94. The van der Waals surface area contributed by atoms with Crippen LogP contribution in [0.25, 0.3) is 0 Å². The van der Waals surface area contributed by atoms with Gasteiger partial charge in [0.15, 0.2) is 0 Å². The summed E-state index contributed by atoms with van der Waals surface area (Å²) in [5.74, 6) is 0.847. The number of likely N-dealkylation sites (N-methyl/N-ethyl adjacent to an activating group) is 1. The van der Waals surface area contributed by atoms with Crippen LogP contribution < -0.4 is 10.1 Å². The molecule has 2 aromatic rings. The van der Waals surface area contributed by atoms with Gasteiger partial charge in [-0.3, -0.25) is 4.98 Å². The summed E-state index contributed by atoms with van der Waals surface area (Å²) in [6.45, 7) is 6.75. The maximum Gasteiger partial charge on any atom is 0.122 e. The molecule has 0 spiro atoms. The SMILES string of the molecule is CCNCCc1cn(Cc2cc(OC)cc(C)n2)cn1. The Morgan fingerprint density at radius 2 is 2.15 bits per heavy atom. The number of hydrogen-bond acceptors (Lipinski definition) is 4. The van der Waals surface area contributed by atoms with E-state index >= 15 is 0 Å². The standard InChI is InChI=1S/C15H22N4O/c1-4-16-6-5-13-9-19(11-17-13)10-14-8-15(20-3)7-12(2)18-14/h7-9,11,16H,4-6,10H2,1-3H3. The van der Waals surface area contributed by atoms with Gasteiger partial charge in [-0.15, -0.1) is 0 Å². The van der Waals surface area contributed by atoms with Crippen LogP contribution in [-0.4, -0.2) is 34.7 Å². The number of nitrogens with one attached hydrogen (secondary N) is 1. The molecule has 108 valence electrons. The van der Waals surface area contributed by atoms with E-state index in [0.29, 0.717) is 6.54 Å². The van der Waals surface area contributed by atoms with Crippen LogP contribution in [0.1, 0.15) is 24.0 Å². The van der Waals surface area contributed by atoms with Crippen molar-refractivity contribution < 1.29 is 4.74 Å². The molecule has 0 radical (unpaired) electrons. The summed E-state index contributed by atoms with van der Waals surface area (Å²) in [7, 11) is 1.68. The van der Waals surface area contributed by atoms with Crippen molar-refractivity contribution in [2.24, 2.45) is 0 Å². The minimum atomic E-state index is 0.715. The van der Waals surface area contributed by atoms with Crippen LogP contribution in [0.5, 0.6) is 5.75 Å². The zero-order valence-corrected chi connectivity index (χ0v) is 12.4. The topological polar surface area (TPSA) is 52.0 Å². The first-order chi connectivity index (χ1) is 9.71. The Bertz CT molecular complexity index is 551. The molecule has 0 saturated heterocycles. The molecule has 0 aromatic carbocycles. The molecular formula is C15H22N4O. The highest BCUT2D eigenvalue weighted by molar-refractivity contribution is 5.26. The van der Waals surface area contributed by atoms with Gasteiger partial charge in [0.25, 0.3) is 0 Å². The molecule has 5 heteroatoms. The highest BCUT2D eigenvalue weighted by atomic mass is 16.5. The average Bonchev–Trinajstić information content (AvgIpc) is 2.86. The normalized spacial score (nSPS) is 10.8. The number of imidazole rings is 1. The average molecular weight is 274 g/mol. The van der Waals surface area contributed by atoms with Gasteiger partial charge >= 0.3 is 0 Å². The lowest BCUT2D eigenvalue weighted by molar-refractivity contribution is 0.413. The van der Waals surface area contributed by atoms with E-state index in [1.54, 1.807) is 7.11 Å². The third kappa shape index (κ3) is 4.06. The maximum atomic E-state index is 5.27. The molecule has 0 aliphatic rings. The lowest BCUT2D eigenvalue weighted by Crippen LogP contribution is -2.16. The van der Waals surface area contributed by atoms with Crippen molar-refractivity contribution >= 4 is 0 Å². The largest absolute Gasteiger partial charge is 0.497 e. The van der Waals surface area contributed by atoms with Gasteiger partial charge < -0.3 is 14.6 Å². The second-order valence-electron chi connectivity index (χ2n) is 4.78. The molecule has 0 saturated carbocycles. The lowest BCUT2D eigenvalue weighted by Gasteiger charge is -2.06. The van der Waals surface area contributed by atoms with E-state index in [4.69, 9.17) is 4.74 Å². The van der Waals surface area contributed by atoms with Crippen molar-refractivity contribution in [2.45, 2.75) is 26.8 Å². The van der Waals surface area contributed by atoms with Crippen LogP contribution in [-0.2, 0) is 13.0 Å². The van der Waals surface area contributed by atoms with Gasteiger partial charge in [0.05, 0.1) is 31.4 Å². The zero-order chi connectivity index (χ0) is 14.4. The quantitative estimate of drug-likeness (QED) is 0.782. The van der Waals surface area contributed by atoms with Gasteiger partial charge in [0.2, 0.25) is 0 Å². The smallest absolute Gasteiger partial charge is 0.122 e. The molecule has 2 aromatic heterocycles. The van der Waals surface area contributed by atoms with Gasteiger partial charge in [-0.2, -0.15) is 0 Å². The fourth-order valence-electron chi connectivity index (χ4n) is 2.10. The summed E-state index contributed by atoms with van der Waals surface area (Å²) in [5, 5.41) is 3.30. The number of rotatable bonds is 7. The fourth-order valence-corrected chi connectivity index (χ4v) is 2.10. The Kier molecular flexibility index (Phi) is 5.12. The summed E-state index contributed by atoms with van der Waals surface area (Å²) < 4.78 is 7.33. The van der Waals surface area contributed by atoms with E-state index in [1.165, 1.54) is 0 Å². The molecule has 0 aliphatic heterocycles. The minimum absolute atomic E-state index is 0.715. The van der Waals surface area contributed by atoms with E-state index < -0.39 is 0 Å². The minimum Gasteiger partial charge on any atom is -0.497 e. The molecular weight excluding hydrogens is 252 g/mol. The number of hydrogen-bond donors (Lipinski definition) is 1. The molecule has 0 aliphatic carbocycles. The van der Waals surface area contributed by atoms with Gasteiger partial charge in [0.1, 0.15) is 5.75 Å². The Morgan fingerprint density at radius 1 is 1.30 bits per heavy atom. The highest BCUT2D eigenvalue weighted by Gasteiger charge is 2.03. The van der Waals surface area contributed by atoms with Crippen molar-refractivity contribution in [3.05, 3.63) is 41.7 Å². The molecule has 2 rings (SSSR count). The van der Waals surface area contributed by atoms with Gasteiger partial charge in [-0.25, -0.2) is 4.98 Å². The Morgan fingerprint density at radius 3 is 2.90 bits per heavy atom. The number of nitrogens with zero attached hydrogens (tertiary/aromatic N) is 3. The van der Waals surface area contributed by atoms with Crippen molar-refractivity contribution in [3.63, 3.8) is 0 Å². The Balaban J connectivity index is 2.01. The van der Waals surface area contributed by atoms with Crippen LogP contribution in [0.15, 0.2) is 24.7 Å². The first-order valence-electron chi connectivity index (χ1n) is 6.94. The van der Waals surface area contributed by atoms with Crippen molar-refractivity contribution in [1.82, 2.24) is 19.9 Å². The van der Waals surface area contributed by atoms with Crippen molar-refractivity contribution in [2.75, 3.05) is 20.2 Å². The monoisotopic (exact) mass is 274 g/mol. The second kappa shape index (κ2) is 7.05.